The molecule has 102 valence electrons. The largest absolute Gasteiger partial charge is 0.488 e. The van der Waals surface area contributed by atoms with E-state index in [1.807, 2.05) is 48.5 Å². The number of fused-ring (bicyclic) bond motifs is 1. The van der Waals surface area contributed by atoms with Crippen molar-refractivity contribution < 1.29 is 9.53 Å². The Kier molecular flexibility index (Phi) is 3.57. The van der Waals surface area contributed by atoms with Gasteiger partial charge in [-0.15, -0.1) is 0 Å². The van der Waals surface area contributed by atoms with Gasteiger partial charge < -0.3 is 4.74 Å². The first-order valence-corrected chi connectivity index (χ1v) is 6.76. The molecular weight excluding hydrogens is 260 g/mol. The van der Waals surface area contributed by atoms with Crippen LogP contribution < -0.4 is 4.74 Å². The number of hydrogen-bond acceptors (Lipinski definition) is 2. The maximum atomic E-state index is 10.7. The first kappa shape index (κ1) is 13.2. The zero-order valence-electron chi connectivity index (χ0n) is 11.7. The molecule has 0 aromatic heterocycles. The average Bonchev–Trinajstić information content (AvgIpc) is 2.53. The summed E-state index contributed by atoms with van der Waals surface area (Å²) in [5, 5.41) is 0. The van der Waals surface area contributed by atoms with E-state index in [-0.39, 0.29) is 0 Å². The van der Waals surface area contributed by atoms with Crippen molar-refractivity contribution in [2.45, 2.75) is 6.92 Å². The fraction of sp³-hybridized carbons (Fsp3) is 0.105. The van der Waals surface area contributed by atoms with Gasteiger partial charge in [-0.05, 0) is 37.3 Å². The van der Waals surface area contributed by atoms with Gasteiger partial charge in [0, 0.05) is 22.3 Å². The fourth-order valence-corrected chi connectivity index (χ4v) is 2.11. The van der Waals surface area contributed by atoms with Crippen LogP contribution in [0.25, 0.3) is 6.08 Å². The zero-order valence-corrected chi connectivity index (χ0v) is 11.7. The Labute approximate surface area is 124 Å². The molecule has 1 aliphatic heterocycles. The number of aryl methyl sites for hydroxylation is 1. The molecule has 0 aliphatic carbocycles. The number of aldehydes is 1. The smallest absolute Gasteiger partial charge is 0.149 e. The van der Waals surface area contributed by atoms with E-state index in [2.05, 4.69) is 18.8 Å². The van der Waals surface area contributed by atoms with E-state index < -0.39 is 0 Å². The van der Waals surface area contributed by atoms with Crippen molar-refractivity contribution in [1.82, 2.24) is 0 Å². The Morgan fingerprint density at radius 1 is 1.05 bits per heavy atom. The summed E-state index contributed by atoms with van der Waals surface area (Å²) < 4.78 is 5.57. The van der Waals surface area contributed by atoms with Crippen LogP contribution in [0.15, 0.2) is 48.0 Å². The van der Waals surface area contributed by atoms with Crippen LogP contribution in [0.2, 0.25) is 0 Å². The van der Waals surface area contributed by atoms with Crippen molar-refractivity contribution in [3.05, 3.63) is 70.3 Å². The minimum absolute atomic E-state index is 0.325. The molecule has 1 heterocycles. The second-order valence-corrected chi connectivity index (χ2v) is 4.99. The lowest BCUT2D eigenvalue weighted by Crippen LogP contribution is -2.08. The van der Waals surface area contributed by atoms with Crippen LogP contribution in [0.1, 0.15) is 22.3 Å². The molecule has 0 saturated heterocycles. The van der Waals surface area contributed by atoms with Crippen molar-refractivity contribution in [2.24, 2.45) is 0 Å². The number of hydrogen-bond donors (Lipinski definition) is 0. The van der Waals surface area contributed by atoms with Crippen LogP contribution >= 0.6 is 0 Å². The summed E-state index contributed by atoms with van der Waals surface area (Å²) in [6, 6.07) is 13.9. The second kappa shape index (κ2) is 5.68. The Hall–Kier alpha value is -2.79. The Balaban J connectivity index is 1.87. The maximum Gasteiger partial charge on any atom is 0.149 e. The van der Waals surface area contributed by atoms with Crippen LogP contribution in [0.3, 0.4) is 0 Å². The van der Waals surface area contributed by atoms with Gasteiger partial charge in [0.25, 0.3) is 0 Å². The number of ether oxygens (including phenoxy) is 1. The molecule has 3 rings (SSSR count). The summed E-state index contributed by atoms with van der Waals surface area (Å²) in [4.78, 5) is 10.7. The lowest BCUT2D eigenvalue weighted by Gasteiger charge is -2.14. The van der Waals surface area contributed by atoms with Crippen molar-refractivity contribution in [2.75, 3.05) is 6.61 Å². The summed E-state index contributed by atoms with van der Waals surface area (Å²) in [5.74, 6) is 7.05. The van der Waals surface area contributed by atoms with E-state index in [1.54, 1.807) is 0 Å². The van der Waals surface area contributed by atoms with E-state index >= 15 is 0 Å². The van der Waals surface area contributed by atoms with Gasteiger partial charge in [-0.2, -0.15) is 0 Å². The van der Waals surface area contributed by atoms with E-state index in [9.17, 15) is 4.79 Å². The van der Waals surface area contributed by atoms with Crippen molar-refractivity contribution >= 4 is 12.4 Å². The molecule has 2 aromatic rings. The monoisotopic (exact) mass is 274 g/mol. The van der Waals surface area contributed by atoms with Gasteiger partial charge in [-0.3, -0.25) is 4.79 Å². The van der Waals surface area contributed by atoms with Gasteiger partial charge in [0.1, 0.15) is 18.6 Å². The summed E-state index contributed by atoms with van der Waals surface area (Å²) in [5.41, 5.74) is 4.69. The highest BCUT2D eigenvalue weighted by atomic mass is 16.5. The number of rotatable bonds is 1. The predicted molar refractivity (Wildman–Crippen MR) is 83.1 cm³/mol. The molecule has 0 radical (unpaired) electrons. The number of benzene rings is 2. The van der Waals surface area contributed by atoms with Crippen LogP contribution in [-0.2, 0) is 4.79 Å². The summed E-state index contributed by atoms with van der Waals surface area (Å²) in [7, 11) is 0. The van der Waals surface area contributed by atoms with Gasteiger partial charge in [0.05, 0.1) is 0 Å². The molecule has 0 spiro atoms. The average molecular weight is 274 g/mol. The lowest BCUT2D eigenvalue weighted by atomic mass is 10.1. The fourth-order valence-electron chi connectivity index (χ4n) is 2.11. The van der Waals surface area contributed by atoms with Crippen molar-refractivity contribution in [1.29, 1.82) is 0 Å². The van der Waals surface area contributed by atoms with Crippen LogP contribution in [0.5, 0.6) is 5.75 Å². The lowest BCUT2D eigenvalue weighted by molar-refractivity contribution is -0.105. The van der Waals surface area contributed by atoms with Gasteiger partial charge in [0.2, 0.25) is 0 Å². The molecular formula is C19H14O2. The van der Waals surface area contributed by atoms with Crippen LogP contribution in [0.4, 0.5) is 0 Å². The molecule has 2 heteroatoms. The standard InChI is InChI=1S/C19H14O2/c1-14-2-4-15(5-3-14)6-7-16-8-9-18-10-17(12-20)13-21-19(18)11-16/h2-5,8-12H,13H2,1H3. The van der Waals surface area contributed by atoms with Crippen molar-refractivity contribution in [3.63, 3.8) is 0 Å². The summed E-state index contributed by atoms with van der Waals surface area (Å²) in [6.07, 6.45) is 2.68. The van der Waals surface area contributed by atoms with E-state index in [1.165, 1.54) is 5.56 Å². The Morgan fingerprint density at radius 2 is 1.76 bits per heavy atom. The molecule has 21 heavy (non-hydrogen) atoms. The Bertz CT molecular complexity index is 771. The third kappa shape index (κ3) is 3.04. The van der Waals surface area contributed by atoms with Gasteiger partial charge in [0.15, 0.2) is 0 Å². The van der Waals surface area contributed by atoms with Gasteiger partial charge >= 0.3 is 0 Å². The second-order valence-electron chi connectivity index (χ2n) is 4.99. The van der Waals surface area contributed by atoms with Gasteiger partial charge in [-0.25, -0.2) is 0 Å². The molecule has 2 aromatic carbocycles. The molecule has 2 nitrogen and oxygen atoms in total. The molecule has 0 saturated carbocycles. The molecule has 1 aliphatic rings. The minimum Gasteiger partial charge on any atom is -0.488 e. The Morgan fingerprint density at radius 3 is 2.52 bits per heavy atom. The van der Waals surface area contributed by atoms with E-state index in [0.29, 0.717) is 12.2 Å². The third-order valence-corrected chi connectivity index (χ3v) is 3.30. The van der Waals surface area contributed by atoms with Crippen LogP contribution in [0, 0.1) is 18.8 Å². The SMILES string of the molecule is Cc1ccc(C#Cc2ccc3c(c2)OCC(C=O)=C3)cc1. The first-order chi connectivity index (χ1) is 10.2. The normalized spacial score (nSPS) is 12.3. The van der Waals surface area contributed by atoms with Crippen LogP contribution in [-0.4, -0.2) is 12.9 Å². The molecule has 0 amide bonds. The van der Waals surface area contributed by atoms with Gasteiger partial charge in [-0.1, -0.05) is 35.6 Å². The van der Waals surface area contributed by atoms with Crippen molar-refractivity contribution in [3.8, 4) is 17.6 Å². The quantitative estimate of drug-likeness (QED) is 0.588. The summed E-state index contributed by atoms with van der Waals surface area (Å²) >= 11 is 0. The topological polar surface area (TPSA) is 26.3 Å². The molecule has 0 fully saturated rings. The number of carbonyl (C=O) groups is 1. The van der Waals surface area contributed by atoms with E-state index in [4.69, 9.17) is 4.74 Å². The predicted octanol–water partition coefficient (Wildman–Crippen LogP) is 3.37. The highest BCUT2D eigenvalue weighted by Crippen LogP contribution is 2.26. The minimum atomic E-state index is 0.325. The first-order valence-electron chi connectivity index (χ1n) is 6.76. The number of carbonyl (C=O) groups excluding carboxylic acids is 1. The maximum absolute atomic E-state index is 10.7. The third-order valence-electron chi connectivity index (χ3n) is 3.30. The highest BCUT2D eigenvalue weighted by Gasteiger charge is 2.10. The highest BCUT2D eigenvalue weighted by molar-refractivity contribution is 5.84. The molecule has 0 atom stereocenters. The summed E-state index contributed by atoms with van der Waals surface area (Å²) in [6.45, 7) is 2.38. The zero-order chi connectivity index (χ0) is 14.7. The molecule has 0 unspecified atom stereocenters. The van der Waals surface area contributed by atoms with E-state index in [0.717, 1.165) is 28.7 Å². The molecule has 0 N–H and O–H groups in total. The molecule has 0 bridgehead atoms.